The summed E-state index contributed by atoms with van der Waals surface area (Å²) >= 11 is 1.35. The van der Waals surface area contributed by atoms with Crippen LogP contribution in [0.4, 0.5) is 0 Å². The normalized spacial score (nSPS) is 17.2. The minimum Gasteiger partial charge on any atom is -0.481 e. The molecule has 1 unspecified atom stereocenters. The Morgan fingerprint density at radius 3 is 2.16 bits per heavy atom. The lowest BCUT2D eigenvalue weighted by Gasteiger charge is -2.34. The van der Waals surface area contributed by atoms with Crippen molar-refractivity contribution in [2.45, 2.75) is 13.8 Å². The largest absolute Gasteiger partial charge is 0.481 e. The maximum absolute atomic E-state index is 11.9. The first-order chi connectivity index (χ1) is 8.91. The van der Waals surface area contributed by atoms with Crippen LogP contribution in [0.15, 0.2) is 0 Å². The predicted octanol–water partition coefficient (Wildman–Crippen LogP) is 0.131. The number of carbonyl (C=O) groups excluding carboxylic acids is 2. The molecule has 0 aliphatic carbocycles. The molecule has 0 spiro atoms. The van der Waals surface area contributed by atoms with Gasteiger partial charge in [0.1, 0.15) is 0 Å². The first kappa shape index (κ1) is 15.8. The maximum atomic E-state index is 11.9. The zero-order chi connectivity index (χ0) is 14.4. The van der Waals surface area contributed by atoms with Gasteiger partial charge in [0.2, 0.25) is 11.8 Å². The number of nitrogens with zero attached hydrogens (tertiary/aromatic N) is 2. The van der Waals surface area contributed by atoms with Crippen molar-refractivity contribution in [3.8, 4) is 0 Å². The smallest absolute Gasteiger partial charge is 0.307 e. The lowest BCUT2D eigenvalue weighted by atomic mass is 10.2. The van der Waals surface area contributed by atoms with Crippen molar-refractivity contribution in [3.63, 3.8) is 0 Å². The molecule has 2 amide bonds. The fraction of sp³-hybridized carbons (Fsp3) is 0.750. The summed E-state index contributed by atoms with van der Waals surface area (Å²) in [6.45, 7) is 5.45. The van der Waals surface area contributed by atoms with E-state index in [1.165, 1.54) is 18.7 Å². The molecule has 0 aromatic rings. The average molecular weight is 288 g/mol. The number of aliphatic carboxylic acids is 1. The van der Waals surface area contributed by atoms with Crippen molar-refractivity contribution in [1.29, 1.82) is 0 Å². The van der Waals surface area contributed by atoms with E-state index >= 15 is 0 Å². The molecule has 1 atom stereocenters. The number of carboxylic acid groups (broad SMARTS) is 1. The minimum atomic E-state index is -0.838. The van der Waals surface area contributed by atoms with E-state index in [0.29, 0.717) is 37.7 Å². The van der Waals surface area contributed by atoms with Gasteiger partial charge in [-0.15, -0.1) is 0 Å². The van der Waals surface area contributed by atoms with Crippen LogP contribution < -0.4 is 0 Å². The van der Waals surface area contributed by atoms with E-state index < -0.39 is 11.9 Å². The average Bonchev–Trinajstić information content (AvgIpc) is 2.38. The fourth-order valence-corrected chi connectivity index (χ4v) is 2.73. The quantitative estimate of drug-likeness (QED) is 0.778. The molecule has 1 saturated heterocycles. The highest BCUT2D eigenvalue weighted by Gasteiger charge is 2.22. The van der Waals surface area contributed by atoms with Gasteiger partial charge in [-0.1, -0.05) is 6.92 Å². The number of piperazine rings is 1. The molecule has 1 aliphatic rings. The second-order valence-corrected chi connectivity index (χ2v) is 5.67. The summed E-state index contributed by atoms with van der Waals surface area (Å²) in [5.41, 5.74) is 0. The van der Waals surface area contributed by atoms with Crippen molar-refractivity contribution in [1.82, 2.24) is 9.80 Å². The number of carboxylic acids is 1. The Balaban J connectivity index is 2.24. The third-order valence-electron chi connectivity index (χ3n) is 3.09. The molecule has 1 heterocycles. The van der Waals surface area contributed by atoms with Crippen LogP contribution in [0.5, 0.6) is 0 Å². The molecular weight excluding hydrogens is 268 g/mol. The molecule has 0 aromatic heterocycles. The topological polar surface area (TPSA) is 77.9 Å². The van der Waals surface area contributed by atoms with Gasteiger partial charge in [-0.25, -0.2) is 0 Å². The Bertz CT molecular complexity index is 354. The van der Waals surface area contributed by atoms with E-state index in [4.69, 9.17) is 5.11 Å². The molecule has 1 fully saturated rings. The van der Waals surface area contributed by atoms with Gasteiger partial charge < -0.3 is 14.9 Å². The molecule has 1 aliphatic heterocycles. The van der Waals surface area contributed by atoms with Crippen molar-refractivity contribution in [2.24, 2.45) is 5.92 Å². The van der Waals surface area contributed by atoms with Gasteiger partial charge in [-0.2, -0.15) is 11.8 Å². The van der Waals surface area contributed by atoms with Crippen molar-refractivity contribution < 1.29 is 19.5 Å². The fourth-order valence-electron chi connectivity index (χ4n) is 1.76. The number of amides is 2. The minimum absolute atomic E-state index is 0.0193. The van der Waals surface area contributed by atoms with Gasteiger partial charge >= 0.3 is 5.97 Å². The molecule has 0 radical (unpaired) electrons. The van der Waals surface area contributed by atoms with Crippen LogP contribution in [0.25, 0.3) is 0 Å². The van der Waals surface area contributed by atoms with Crippen LogP contribution in [-0.2, 0) is 14.4 Å². The summed E-state index contributed by atoms with van der Waals surface area (Å²) in [6.07, 6.45) is 0. The predicted molar refractivity (Wildman–Crippen MR) is 73.0 cm³/mol. The molecule has 1 rings (SSSR count). The van der Waals surface area contributed by atoms with Crippen LogP contribution in [0.1, 0.15) is 13.8 Å². The van der Waals surface area contributed by atoms with E-state index in [-0.39, 0.29) is 11.8 Å². The van der Waals surface area contributed by atoms with Crippen LogP contribution in [-0.4, -0.2) is 70.4 Å². The number of hydrogen-bond acceptors (Lipinski definition) is 4. The van der Waals surface area contributed by atoms with E-state index in [1.807, 2.05) is 0 Å². The van der Waals surface area contributed by atoms with E-state index in [0.717, 1.165) is 0 Å². The van der Waals surface area contributed by atoms with E-state index in [1.54, 1.807) is 16.7 Å². The van der Waals surface area contributed by atoms with Gasteiger partial charge in [-0.05, 0) is 0 Å². The molecule has 108 valence electrons. The standard InChI is InChI=1S/C12H20N2O4S/c1-9(12(17)18)7-19-8-11(16)14-5-3-13(4-6-14)10(2)15/h9H,3-8H2,1-2H3,(H,17,18). The molecule has 0 saturated carbocycles. The van der Waals surface area contributed by atoms with E-state index in [9.17, 15) is 14.4 Å². The third kappa shape index (κ3) is 5.10. The summed E-state index contributed by atoms with van der Waals surface area (Å²) < 4.78 is 0. The highest BCUT2D eigenvalue weighted by Crippen LogP contribution is 2.11. The number of hydrogen-bond donors (Lipinski definition) is 1. The second kappa shape index (κ2) is 7.37. The summed E-state index contributed by atoms with van der Waals surface area (Å²) in [5.74, 6) is -0.475. The molecule has 0 bridgehead atoms. The summed E-state index contributed by atoms with van der Waals surface area (Å²) in [7, 11) is 0. The molecule has 7 heteroatoms. The third-order valence-corrected chi connectivity index (χ3v) is 4.28. The van der Waals surface area contributed by atoms with Crippen LogP contribution >= 0.6 is 11.8 Å². The Morgan fingerprint density at radius 2 is 1.68 bits per heavy atom. The van der Waals surface area contributed by atoms with Gasteiger partial charge in [0.05, 0.1) is 11.7 Å². The monoisotopic (exact) mass is 288 g/mol. The molecule has 0 aromatic carbocycles. The van der Waals surface area contributed by atoms with Gasteiger partial charge in [0, 0.05) is 38.9 Å². The summed E-state index contributed by atoms with van der Waals surface area (Å²) in [4.78, 5) is 37.1. The summed E-state index contributed by atoms with van der Waals surface area (Å²) in [6, 6.07) is 0. The lowest BCUT2D eigenvalue weighted by molar-refractivity contribution is -0.140. The molecule has 6 nitrogen and oxygen atoms in total. The van der Waals surface area contributed by atoms with Crippen molar-refractivity contribution in [3.05, 3.63) is 0 Å². The van der Waals surface area contributed by atoms with E-state index in [2.05, 4.69) is 0 Å². The van der Waals surface area contributed by atoms with Crippen molar-refractivity contribution in [2.75, 3.05) is 37.7 Å². The highest BCUT2D eigenvalue weighted by atomic mass is 32.2. The Labute approximate surface area is 117 Å². The van der Waals surface area contributed by atoms with Crippen LogP contribution in [0.2, 0.25) is 0 Å². The SMILES string of the molecule is CC(=O)N1CCN(C(=O)CSCC(C)C(=O)O)CC1. The molecular formula is C12H20N2O4S. The second-order valence-electron chi connectivity index (χ2n) is 4.64. The Morgan fingerprint density at radius 1 is 1.16 bits per heavy atom. The maximum Gasteiger partial charge on any atom is 0.307 e. The van der Waals surface area contributed by atoms with Crippen LogP contribution in [0.3, 0.4) is 0 Å². The first-order valence-corrected chi connectivity index (χ1v) is 7.41. The number of carbonyl (C=O) groups is 3. The van der Waals surface area contributed by atoms with Gasteiger partial charge in [0.25, 0.3) is 0 Å². The number of thioether (sulfide) groups is 1. The first-order valence-electron chi connectivity index (χ1n) is 6.25. The van der Waals surface area contributed by atoms with Gasteiger partial charge in [0.15, 0.2) is 0 Å². The summed E-state index contributed by atoms with van der Waals surface area (Å²) in [5, 5.41) is 8.73. The lowest BCUT2D eigenvalue weighted by Crippen LogP contribution is -2.50. The zero-order valence-corrected chi connectivity index (χ0v) is 12.1. The molecule has 1 N–H and O–H groups in total. The Hall–Kier alpha value is -1.24. The Kier molecular flexibility index (Phi) is 6.14. The zero-order valence-electron chi connectivity index (χ0n) is 11.3. The number of rotatable bonds is 5. The van der Waals surface area contributed by atoms with Gasteiger partial charge in [-0.3, -0.25) is 14.4 Å². The van der Waals surface area contributed by atoms with Crippen LogP contribution in [0, 0.1) is 5.92 Å². The highest BCUT2D eigenvalue weighted by molar-refractivity contribution is 7.99. The molecule has 19 heavy (non-hydrogen) atoms. The van der Waals surface area contributed by atoms with Crippen molar-refractivity contribution >= 4 is 29.5 Å².